The van der Waals surface area contributed by atoms with E-state index < -0.39 is 39.3 Å². The van der Waals surface area contributed by atoms with Gasteiger partial charge in [0.05, 0.1) is 22.4 Å². The number of hydrogen-bond acceptors (Lipinski definition) is 7. The fourth-order valence-electron chi connectivity index (χ4n) is 8.13. The smallest absolute Gasteiger partial charge is 0.308 e. The molecule has 0 spiro atoms. The monoisotopic (exact) mass is 593 g/mol. The Morgan fingerprint density at radius 2 is 1.52 bits per heavy atom. The van der Waals surface area contributed by atoms with Crippen LogP contribution in [0, 0.1) is 23.2 Å². The predicted molar refractivity (Wildman–Crippen MR) is 152 cm³/mol. The van der Waals surface area contributed by atoms with Gasteiger partial charge in [0, 0.05) is 13.5 Å². The third kappa shape index (κ3) is 5.35. The summed E-state index contributed by atoms with van der Waals surface area (Å²) in [5, 5.41) is 5.24. The minimum atomic E-state index is -3.83. The van der Waals surface area contributed by atoms with Crippen molar-refractivity contribution in [1.82, 2.24) is 4.90 Å². The largest absolute Gasteiger partial charge is 0.427 e. The Morgan fingerprint density at radius 3 is 2.05 bits per heavy atom. The fourth-order valence-corrected chi connectivity index (χ4v) is 8.65. The highest BCUT2D eigenvalue weighted by Crippen LogP contribution is 2.60. The maximum absolute atomic E-state index is 14.5. The first-order valence-corrected chi connectivity index (χ1v) is 16.0. The first-order chi connectivity index (χ1) is 19.9. The van der Waals surface area contributed by atoms with E-state index >= 15 is 0 Å². The number of carbonyl (C=O) groups is 4. The second-order valence-corrected chi connectivity index (χ2v) is 14.1. The van der Waals surface area contributed by atoms with E-state index in [1.54, 1.807) is 29.2 Å². The van der Waals surface area contributed by atoms with Crippen LogP contribution in [-0.2, 0) is 35.6 Å². The fraction of sp³-hybridized carbons (Fsp3) is 0.484. The van der Waals surface area contributed by atoms with Gasteiger partial charge in [0.25, 0.3) is 5.91 Å². The average Bonchev–Trinajstić information content (AvgIpc) is 3.21. The topological polar surface area (TPSA) is 144 Å². The van der Waals surface area contributed by atoms with Crippen molar-refractivity contribution in [3.8, 4) is 5.75 Å². The van der Waals surface area contributed by atoms with Crippen LogP contribution in [0.5, 0.6) is 5.75 Å². The van der Waals surface area contributed by atoms with E-state index in [0.717, 1.165) is 29.7 Å². The van der Waals surface area contributed by atoms with Crippen molar-refractivity contribution in [3.63, 3.8) is 0 Å². The number of ether oxygens (including phenoxy) is 1. The van der Waals surface area contributed by atoms with Gasteiger partial charge in [-0.25, -0.2) is 18.5 Å². The molecule has 7 rings (SSSR count). The molecule has 222 valence electrons. The zero-order valence-electron chi connectivity index (χ0n) is 23.5. The molecule has 2 N–H and O–H groups in total. The number of benzene rings is 2. The van der Waals surface area contributed by atoms with Gasteiger partial charge in [0.2, 0.25) is 21.8 Å². The molecule has 5 aliphatic rings. The number of amides is 3. The van der Waals surface area contributed by atoms with Gasteiger partial charge in [0.1, 0.15) is 11.8 Å². The van der Waals surface area contributed by atoms with Gasteiger partial charge >= 0.3 is 5.97 Å². The molecule has 10 nitrogen and oxygen atoms in total. The highest BCUT2D eigenvalue weighted by Gasteiger charge is 2.57. The third-order valence-electron chi connectivity index (χ3n) is 9.50. The van der Waals surface area contributed by atoms with Crippen LogP contribution in [0.1, 0.15) is 57.4 Å². The van der Waals surface area contributed by atoms with Crippen molar-refractivity contribution >= 4 is 39.4 Å². The van der Waals surface area contributed by atoms with Crippen LogP contribution in [0.4, 0.5) is 5.69 Å². The zero-order valence-corrected chi connectivity index (χ0v) is 24.3. The van der Waals surface area contributed by atoms with Crippen LogP contribution in [0.15, 0.2) is 53.4 Å². The summed E-state index contributed by atoms with van der Waals surface area (Å²) >= 11 is 0. The number of nitrogens with zero attached hydrogens (tertiary/aromatic N) is 2. The molecular weight excluding hydrogens is 558 g/mol. The maximum Gasteiger partial charge on any atom is 0.308 e. The molecule has 4 saturated carbocycles. The standard InChI is InChI=1S/C31H35N3O7S/c1-19(35)41-25-6-4-24(5-7-25)34-28(36)15-27(29(34)37)33(11-10-20-2-8-26(9-3-20)42(32,39)40)30(38)31-16-21-12-22(17-31)14-23(13-21)18-31/h2-9,21-23,27H,10-18H2,1H3,(H2,32,39,40). The second-order valence-electron chi connectivity index (χ2n) is 12.5. The van der Waals surface area contributed by atoms with Crippen LogP contribution in [0.2, 0.25) is 0 Å². The molecule has 4 bridgehead atoms. The molecule has 0 radical (unpaired) electrons. The minimum absolute atomic E-state index is 0.000296. The summed E-state index contributed by atoms with van der Waals surface area (Å²) in [5.74, 6) is 0.515. The Hall–Kier alpha value is -3.57. The van der Waals surface area contributed by atoms with Crippen LogP contribution >= 0.6 is 0 Å². The molecule has 2 aromatic rings. The number of carbonyl (C=O) groups excluding carboxylic acids is 4. The highest BCUT2D eigenvalue weighted by atomic mass is 32.2. The third-order valence-corrected chi connectivity index (χ3v) is 10.4. The lowest BCUT2D eigenvalue weighted by Gasteiger charge is -2.57. The molecule has 42 heavy (non-hydrogen) atoms. The SMILES string of the molecule is CC(=O)Oc1ccc(N2C(=O)CC(N(CCc3ccc(S(N)(=O)=O)cc3)C(=O)C34CC5CC(CC(C5)C3)C4)C2=O)cc1. The number of hydrogen-bond donors (Lipinski definition) is 1. The van der Waals surface area contributed by atoms with Crippen molar-refractivity contribution in [2.24, 2.45) is 28.3 Å². The normalized spacial score (nSPS) is 28.3. The molecule has 2 aromatic carbocycles. The van der Waals surface area contributed by atoms with Gasteiger partial charge < -0.3 is 9.64 Å². The first-order valence-electron chi connectivity index (χ1n) is 14.5. The van der Waals surface area contributed by atoms with E-state index in [1.807, 2.05) is 0 Å². The summed E-state index contributed by atoms with van der Waals surface area (Å²) in [7, 11) is -3.83. The molecule has 4 aliphatic carbocycles. The number of primary sulfonamides is 1. The highest BCUT2D eigenvalue weighted by molar-refractivity contribution is 7.89. The van der Waals surface area contributed by atoms with Crippen molar-refractivity contribution < 1.29 is 32.3 Å². The number of rotatable bonds is 8. The van der Waals surface area contributed by atoms with Crippen molar-refractivity contribution in [1.29, 1.82) is 0 Å². The lowest BCUT2D eigenvalue weighted by atomic mass is 9.49. The molecule has 1 saturated heterocycles. The van der Waals surface area contributed by atoms with E-state index in [-0.39, 0.29) is 23.8 Å². The number of sulfonamides is 1. The molecule has 1 heterocycles. The second kappa shape index (κ2) is 10.6. The Labute approximate surface area is 245 Å². The molecular formula is C31H35N3O7S. The van der Waals surface area contributed by atoms with Gasteiger partial charge in [-0.1, -0.05) is 12.1 Å². The van der Waals surface area contributed by atoms with E-state index in [4.69, 9.17) is 9.88 Å². The van der Waals surface area contributed by atoms with Crippen molar-refractivity contribution in [2.75, 3.05) is 11.4 Å². The van der Waals surface area contributed by atoms with Gasteiger partial charge in [-0.15, -0.1) is 0 Å². The van der Waals surface area contributed by atoms with Gasteiger partial charge in [-0.3, -0.25) is 19.2 Å². The van der Waals surface area contributed by atoms with Crippen molar-refractivity contribution in [2.45, 2.75) is 69.2 Å². The van der Waals surface area contributed by atoms with Gasteiger partial charge in [-0.2, -0.15) is 0 Å². The van der Waals surface area contributed by atoms with Crippen LogP contribution < -0.4 is 14.8 Å². The summed E-state index contributed by atoms with van der Waals surface area (Å²) in [6.45, 7) is 1.51. The van der Waals surface area contributed by atoms with Crippen molar-refractivity contribution in [3.05, 3.63) is 54.1 Å². The Balaban J connectivity index is 1.27. The predicted octanol–water partition coefficient (Wildman–Crippen LogP) is 3.18. The zero-order chi connectivity index (χ0) is 29.8. The van der Waals surface area contributed by atoms with E-state index in [0.29, 0.717) is 35.6 Å². The summed E-state index contributed by atoms with van der Waals surface area (Å²) in [4.78, 5) is 55.7. The average molecular weight is 594 g/mol. The van der Waals surface area contributed by atoms with E-state index in [1.165, 1.54) is 50.5 Å². The molecule has 1 unspecified atom stereocenters. The lowest BCUT2D eigenvalue weighted by molar-refractivity contribution is -0.161. The first kappa shape index (κ1) is 28.5. The molecule has 5 fully saturated rings. The van der Waals surface area contributed by atoms with E-state index in [9.17, 15) is 27.6 Å². The molecule has 1 aliphatic heterocycles. The van der Waals surface area contributed by atoms with E-state index in [2.05, 4.69) is 0 Å². The van der Waals surface area contributed by atoms with Gasteiger partial charge in [0.15, 0.2) is 0 Å². The number of esters is 1. The summed E-state index contributed by atoms with van der Waals surface area (Å²) in [5.41, 5.74) is 0.638. The minimum Gasteiger partial charge on any atom is -0.427 e. The number of imide groups is 1. The summed E-state index contributed by atoms with van der Waals surface area (Å²) in [6.07, 6.45) is 6.25. The Kier molecular flexibility index (Phi) is 7.21. The number of nitrogens with two attached hydrogens (primary N) is 1. The maximum atomic E-state index is 14.5. The quantitative estimate of drug-likeness (QED) is 0.281. The summed E-state index contributed by atoms with van der Waals surface area (Å²) in [6, 6.07) is 11.4. The van der Waals surface area contributed by atoms with Crippen LogP contribution in [0.3, 0.4) is 0 Å². The van der Waals surface area contributed by atoms with Gasteiger partial charge in [-0.05, 0) is 105 Å². The lowest BCUT2D eigenvalue weighted by Crippen LogP contribution is -2.58. The molecule has 11 heteroatoms. The Bertz CT molecular complexity index is 1500. The molecule has 1 atom stereocenters. The Morgan fingerprint density at radius 1 is 0.952 bits per heavy atom. The summed E-state index contributed by atoms with van der Waals surface area (Å²) < 4.78 is 28.4. The molecule has 0 aromatic heterocycles. The van der Waals surface area contributed by atoms with Crippen LogP contribution in [0.25, 0.3) is 0 Å². The number of anilines is 1. The molecule has 3 amide bonds. The van der Waals surface area contributed by atoms with Crippen LogP contribution in [-0.4, -0.2) is 49.6 Å².